The van der Waals surface area contributed by atoms with E-state index in [-0.39, 0.29) is 18.1 Å². The first-order chi connectivity index (χ1) is 8.24. The summed E-state index contributed by atoms with van der Waals surface area (Å²) in [5, 5.41) is 19.3. The Bertz CT molecular complexity index is 514. The summed E-state index contributed by atoms with van der Waals surface area (Å²) < 4.78 is 0. The van der Waals surface area contributed by atoms with E-state index in [0.29, 0.717) is 5.82 Å². The molecule has 0 bridgehead atoms. The van der Waals surface area contributed by atoms with Crippen molar-refractivity contribution in [3.8, 4) is 5.75 Å². The van der Waals surface area contributed by atoms with E-state index < -0.39 is 0 Å². The Balaban J connectivity index is 1.98. The lowest BCUT2D eigenvalue weighted by Gasteiger charge is -2.03. The van der Waals surface area contributed by atoms with Crippen LogP contribution in [0.25, 0.3) is 0 Å². The summed E-state index contributed by atoms with van der Waals surface area (Å²) in [6.07, 6.45) is 1.72. The van der Waals surface area contributed by atoms with Gasteiger partial charge in [-0.1, -0.05) is 12.1 Å². The Kier molecular flexibility index (Phi) is 3.30. The van der Waals surface area contributed by atoms with Gasteiger partial charge < -0.3 is 10.4 Å². The minimum absolute atomic E-state index is 0.148. The summed E-state index contributed by atoms with van der Waals surface area (Å²) in [5.74, 6) is 0.364. The number of aromatic nitrogens is 2. The second kappa shape index (κ2) is 5.07. The van der Waals surface area contributed by atoms with Gasteiger partial charge in [-0.25, -0.2) is 0 Å². The molecule has 2 aromatic rings. The van der Waals surface area contributed by atoms with Crippen molar-refractivity contribution in [2.75, 3.05) is 5.32 Å². The van der Waals surface area contributed by atoms with Crippen LogP contribution >= 0.6 is 0 Å². The molecule has 1 aromatic heterocycles. The molecular weight excluding hydrogens is 218 g/mol. The largest absolute Gasteiger partial charge is 0.508 e. The SMILES string of the molecule is O=C(Cc1cccc(O)c1)Nc1cccnn1. The van der Waals surface area contributed by atoms with Gasteiger partial charge in [-0.2, -0.15) is 5.10 Å². The molecule has 0 atom stereocenters. The van der Waals surface area contributed by atoms with Crippen LogP contribution in [0.5, 0.6) is 5.75 Å². The second-order valence-corrected chi connectivity index (χ2v) is 3.50. The molecule has 5 nitrogen and oxygen atoms in total. The smallest absolute Gasteiger partial charge is 0.229 e. The van der Waals surface area contributed by atoms with Crippen LogP contribution in [0.15, 0.2) is 42.6 Å². The zero-order valence-corrected chi connectivity index (χ0v) is 9.00. The fourth-order valence-corrected chi connectivity index (χ4v) is 1.41. The first-order valence-corrected chi connectivity index (χ1v) is 5.09. The highest BCUT2D eigenvalue weighted by Gasteiger charge is 2.05. The average Bonchev–Trinajstić information content (AvgIpc) is 2.30. The summed E-state index contributed by atoms with van der Waals surface area (Å²) in [5.41, 5.74) is 0.742. The van der Waals surface area contributed by atoms with Crippen LogP contribution in [0, 0.1) is 0 Å². The quantitative estimate of drug-likeness (QED) is 0.833. The van der Waals surface area contributed by atoms with Crippen molar-refractivity contribution < 1.29 is 9.90 Å². The van der Waals surface area contributed by atoms with Crippen molar-refractivity contribution in [2.45, 2.75) is 6.42 Å². The molecule has 0 radical (unpaired) electrons. The van der Waals surface area contributed by atoms with E-state index in [0.717, 1.165) is 5.56 Å². The normalized spacial score (nSPS) is 9.88. The third-order valence-electron chi connectivity index (χ3n) is 2.12. The number of hydrogen-bond acceptors (Lipinski definition) is 4. The van der Waals surface area contributed by atoms with E-state index in [1.54, 1.807) is 36.4 Å². The molecule has 0 aliphatic rings. The van der Waals surface area contributed by atoms with Crippen LogP contribution < -0.4 is 5.32 Å². The number of nitrogens with zero attached hydrogens (tertiary/aromatic N) is 2. The number of phenols is 1. The molecule has 5 heteroatoms. The number of benzene rings is 1. The monoisotopic (exact) mass is 229 g/mol. The van der Waals surface area contributed by atoms with Gasteiger partial charge in [-0.15, -0.1) is 5.10 Å². The molecule has 0 saturated heterocycles. The van der Waals surface area contributed by atoms with Gasteiger partial charge in [0.15, 0.2) is 5.82 Å². The summed E-state index contributed by atoms with van der Waals surface area (Å²) in [7, 11) is 0. The number of nitrogens with one attached hydrogen (secondary N) is 1. The Hall–Kier alpha value is -2.43. The van der Waals surface area contributed by atoms with Crippen molar-refractivity contribution in [3.05, 3.63) is 48.2 Å². The van der Waals surface area contributed by atoms with E-state index in [9.17, 15) is 9.90 Å². The van der Waals surface area contributed by atoms with Gasteiger partial charge >= 0.3 is 0 Å². The van der Waals surface area contributed by atoms with Crippen LogP contribution in [0.1, 0.15) is 5.56 Å². The zero-order valence-electron chi connectivity index (χ0n) is 9.00. The van der Waals surface area contributed by atoms with E-state index in [4.69, 9.17) is 0 Å². The number of amides is 1. The molecular formula is C12H11N3O2. The van der Waals surface area contributed by atoms with Gasteiger partial charge in [0.2, 0.25) is 5.91 Å². The highest BCUT2D eigenvalue weighted by Crippen LogP contribution is 2.11. The van der Waals surface area contributed by atoms with Gasteiger partial charge in [0.1, 0.15) is 5.75 Å². The van der Waals surface area contributed by atoms with Crippen LogP contribution in [-0.2, 0) is 11.2 Å². The first kappa shape index (κ1) is 11.1. The van der Waals surface area contributed by atoms with Crippen LogP contribution in [0.2, 0.25) is 0 Å². The van der Waals surface area contributed by atoms with Gasteiger partial charge in [0, 0.05) is 6.20 Å². The number of phenolic OH excluding ortho intramolecular Hbond substituents is 1. The highest BCUT2D eigenvalue weighted by molar-refractivity contribution is 5.91. The Labute approximate surface area is 98.1 Å². The van der Waals surface area contributed by atoms with Gasteiger partial charge in [0.05, 0.1) is 6.42 Å². The molecule has 17 heavy (non-hydrogen) atoms. The predicted molar refractivity (Wildman–Crippen MR) is 62.5 cm³/mol. The number of anilines is 1. The number of rotatable bonds is 3. The maximum absolute atomic E-state index is 11.6. The molecule has 0 spiro atoms. The Morgan fingerprint density at radius 2 is 2.18 bits per heavy atom. The van der Waals surface area contributed by atoms with Crippen LogP contribution in [0.4, 0.5) is 5.82 Å². The number of carbonyl (C=O) groups is 1. The minimum atomic E-state index is -0.198. The summed E-state index contributed by atoms with van der Waals surface area (Å²) in [4.78, 5) is 11.6. The molecule has 0 unspecified atom stereocenters. The lowest BCUT2D eigenvalue weighted by Crippen LogP contribution is -2.15. The number of aromatic hydroxyl groups is 1. The number of carbonyl (C=O) groups excluding carboxylic acids is 1. The topological polar surface area (TPSA) is 75.1 Å². The van der Waals surface area contributed by atoms with Gasteiger partial charge in [-0.3, -0.25) is 4.79 Å². The van der Waals surface area contributed by atoms with E-state index in [2.05, 4.69) is 15.5 Å². The summed E-state index contributed by atoms with van der Waals surface area (Å²) in [6, 6.07) is 9.93. The predicted octanol–water partition coefficient (Wildman–Crippen LogP) is 1.36. The third-order valence-corrected chi connectivity index (χ3v) is 2.12. The molecule has 1 aromatic carbocycles. The molecule has 0 aliphatic carbocycles. The lowest BCUT2D eigenvalue weighted by molar-refractivity contribution is -0.115. The van der Waals surface area contributed by atoms with E-state index in [1.807, 2.05) is 0 Å². The van der Waals surface area contributed by atoms with Gasteiger partial charge in [-0.05, 0) is 29.8 Å². The van der Waals surface area contributed by atoms with Gasteiger partial charge in [0.25, 0.3) is 0 Å². The van der Waals surface area contributed by atoms with Crippen molar-refractivity contribution >= 4 is 11.7 Å². The standard InChI is InChI=1S/C12H11N3O2/c16-10-4-1-3-9(7-10)8-12(17)14-11-5-2-6-13-15-11/h1-7,16H,8H2,(H,14,15,17). The highest BCUT2D eigenvalue weighted by atomic mass is 16.3. The first-order valence-electron chi connectivity index (χ1n) is 5.09. The molecule has 0 aliphatic heterocycles. The Morgan fingerprint density at radius 1 is 1.29 bits per heavy atom. The third kappa shape index (κ3) is 3.27. The van der Waals surface area contributed by atoms with Crippen molar-refractivity contribution in [2.24, 2.45) is 0 Å². The Morgan fingerprint density at radius 3 is 2.88 bits per heavy atom. The molecule has 86 valence electrons. The zero-order chi connectivity index (χ0) is 12.1. The number of hydrogen-bond donors (Lipinski definition) is 2. The van der Waals surface area contributed by atoms with Crippen LogP contribution in [-0.4, -0.2) is 21.2 Å². The van der Waals surface area contributed by atoms with E-state index in [1.165, 1.54) is 6.20 Å². The molecule has 2 N–H and O–H groups in total. The van der Waals surface area contributed by atoms with E-state index >= 15 is 0 Å². The summed E-state index contributed by atoms with van der Waals surface area (Å²) >= 11 is 0. The fourth-order valence-electron chi connectivity index (χ4n) is 1.41. The maximum atomic E-state index is 11.6. The van der Waals surface area contributed by atoms with Crippen molar-refractivity contribution in [1.29, 1.82) is 0 Å². The fraction of sp³-hybridized carbons (Fsp3) is 0.0833. The molecule has 0 saturated carbocycles. The molecule has 0 fully saturated rings. The van der Waals surface area contributed by atoms with Crippen molar-refractivity contribution in [1.82, 2.24) is 10.2 Å². The molecule has 1 amide bonds. The molecule has 1 heterocycles. The summed E-state index contributed by atoms with van der Waals surface area (Å²) in [6.45, 7) is 0. The molecule has 2 rings (SSSR count). The van der Waals surface area contributed by atoms with Crippen LogP contribution in [0.3, 0.4) is 0 Å². The van der Waals surface area contributed by atoms with Crippen molar-refractivity contribution in [3.63, 3.8) is 0 Å². The minimum Gasteiger partial charge on any atom is -0.508 e. The second-order valence-electron chi connectivity index (χ2n) is 3.50. The lowest BCUT2D eigenvalue weighted by atomic mass is 10.1. The maximum Gasteiger partial charge on any atom is 0.229 e. The average molecular weight is 229 g/mol.